The summed E-state index contributed by atoms with van der Waals surface area (Å²) in [6.45, 7) is 0.984. The molecule has 8 nitrogen and oxygen atoms in total. The second-order valence-electron chi connectivity index (χ2n) is 4.73. The van der Waals surface area contributed by atoms with Crippen LogP contribution in [0.4, 0.5) is 10.6 Å². The van der Waals surface area contributed by atoms with E-state index >= 15 is 0 Å². The summed E-state index contributed by atoms with van der Waals surface area (Å²) in [5.74, 6) is 1.07. The molecule has 0 aliphatic carbocycles. The minimum atomic E-state index is -0.899. The van der Waals surface area contributed by atoms with Crippen molar-refractivity contribution in [3.05, 3.63) is 16.8 Å². The Labute approximate surface area is 122 Å². The zero-order chi connectivity index (χ0) is 14.3. The number of anilines is 1. The van der Waals surface area contributed by atoms with Crippen molar-refractivity contribution in [3.63, 3.8) is 0 Å². The number of carboxylic acid groups (broad SMARTS) is 1. The molecule has 3 rings (SSSR count). The van der Waals surface area contributed by atoms with Gasteiger partial charge in [0.1, 0.15) is 22.3 Å². The van der Waals surface area contributed by atoms with Gasteiger partial charge >= 0.3 is 6.09 Å². The molecule has 1 amide bonds. The number of carbonyl (C=O) groups is 1. The van der Waals surface area contributed by atoms with E-state index in [0.29, 0.717) is 34.9 Å². The highest BCUT2D eigenvalue weighted by atomic mass is 79.9. The van der Waals surface area contributed by atoms with Crippen LogP contribution in [0.3, 0.4) is 0 Å². The summed E-state index contributed by atoms with van der Waals surface area (Å²) in [7, 11) is 0. The van der Waals surface area contributed by atoms with Crippen LogP contribution < -0.4 is 5.73 Å². The maximum absolute atomic E-state index is 11.1. The van der Waals surface area contributed by atoms with Crippen molar-refractivity contribution in [1.82, 2.24) is 24.5 Å². The highest BCUT2D eigenvalue weighted by Gasteiger charge is 2.28. The van der Waals surface area contributed by atoms with Crippen molar-refractivity contribution < 1.29 is 9.90 Å². The number of aromatic nitrogens is 4. The lowest BCUT2D eigenvalue weighted by atomic mass is 9.98. The molecule has 1 saturated heterocycles. The molecule has 1 fully saturated rings. The Morgan fingerprint density at radius 2 is 2.35 bits per heavy atom. The molecule has 0 spiro atoms. The van der Waals surface area contributed by atoms with E-state index in [1.807, 2.05) is 0 Å². The first-order valence-electron chi connectivity index (χ1n) is 6.20. The Morgan fingerprint density at radius 3 is 3.10 bits per heavy atom. The fourth-order valence-corrected chi connectivity index (χ4v) is 3.11. The number of halogens is 1. The van der Waals surface area contributed by atoms with Crippen LogP contribution in [0.25, 0.3) is 5.52 Å². The molecule has 1 aliphatic heterocycles. The molecule has 20 heavy (non-hydrogen) atoms. The molecular weight excluding hydrogens is 328 g/mol. The Balaban J connectivity index is 2.02. The monoisotopic (exact) mass is 340 g/mol. The third-order valence-corrected chi connectivity index (χ3v) is 4.05. The normalized spacial score (nSPS) is 19.4. The molecule has 9 heteroatoms. The number of imidazole rings is 1. The predicted octanol–water partition coefficient (Wildman–Crippen LogP) is 1.33. The number of nitrogen functional groups attached to an aromatic ring is 1. The lowest BCUT2D eigenvalue weighted by molar-refractivity contribution is 0.129. The second kappa shape index (κ2) is 4.89. The number of fused-ring (bicyclic) bond motifs is 1. The standard InChI is InChI=1S/C11H13BrN6O2/c12-8-7-9(13)14-5-15-18(7)10(16-8)6-2-1-3-17(4-6)11(19)20/h5-6H,1-4H2,(H,19,20)(H2,13,14,15)/t6-/m1/s1. The van der Waals surface area contributed by atoms with Crippen LogP contribution in [0.2, 0.25) is 0 Å². The highest BCUT2D eigenvalue weighted by Crippen LogP contribution is 2.30. The highest BCUT2D eigenvalue weighted by molar-refractivity contribution is 9.10. The third kappa shape index (κ3) is 2.07. The molecule has 1 atom stereocenters. The number of hydrogen-bond acceptors (Lipinski definition) is 5. The van der Waals surface area contributed by atoms with Gasteiger partial charge in [0.2, 0.25) is 0 Å². The largest absolute Gasteiger partial charge is 0.465 e. The Morgan fingerprint density at radius 1 is 1.55 bits per heavy atom. The van der Waals surface area contributed by atoms with Gasteiger partial charge in [-0.05, 0) is 28.8 Å². The molecule has 0 aromatic carbocycles. The van der Waals surface area contributed by atoms with Gasteiger partial charge in [-0.3, -0.25) is 0 Å². The first-order valence-corrected chi connectivity index (χ1v) is 6.99. The zero-order valence-corrected chi connectivity index (χ0v) is 12.1. The van der Waals surface area contributed by atoms with Gasteiger partial charge in [-0.15, -0.1) is 0 Å². The number of nitrogens with two attached hydrogens (primary N) is 1. The van der Waals surface area contributed by atoms with Crippen molar-refractivity contribution in [1.29, 1.82) is 0 Å². The Kier molecular flexibility index (Phi) is 3.20. The van der Waals surface area contributed by atoms with Crippen LogP contribution in [0.1, 0.15) is 24.6 Å². The maximum Gasteiger partial charge on any atom is 0.407 e. The first-order chi connectivity index (χ1) is 9.58. The van der Waals surface area contributed by atoms with Crippen molar-refractivity contribution in [2.45, 2.75) is 18.8 Å². The molecule has 0 unspecified atom stereocenters. The molecule has 1 aliphatic rings. The van der Waals surface area contributed by atoms with E-state index in [9.17, 15) is 4.79 Å². The quantitative estimate of drug-likeness (QED) is 0.810. The fraction of sp³-hybridized carbons (Fsp3) is 0.455. The summed E-state index contributed by atoms with van der Waals surface area (Å²) in [6.07, 6.45) is 2.16. The fourth-order valence-electron chi connectivity index (χ4n) is 2.56. The Hall–Kier alpha value is -1.90. The molecule has 2 aromatic heterocycles. The lowest BCUT2D eigenvalue weighted by Crippen LogP contribution is -2.38. The van der Waals surface area contributed by atoms with Gasteiger partial charge < -0.3 is 15.7 Å². The third-order valence-electron chi connectivity index (χ3n) is 3.50. The summed E-state index contributed by atoms with van der Waals surface area (Å²) in [4.78, 5) is 20.9. The van der Waals surface area contributed by atoms with Gasteiger partial charge in [-0.2, -0.15) is 5.10 Å². The number of hydrogen-bond donors (Lipinski definition) is 2. The number of amides is 1. The van der Waals surface area contributed by atoms with Gasteiger partial charge in [0.15, 0.2) is 5.82 Å². The molecule has 3 N–H and O–H groups in total. The maximum atomic E-state index is 11.1. The summed E-state index contributed by atoms with van der Waals surface area (Å²) >= 11 is 3.36. The van der Waals surface area contributed by atoms with Crippen LogP contribution in [-0.2, 0) is 0 Å². The van der Waals surface area contributed by atoms with Crippen molar-refractivity contribution in [2.24, 2.45) is 0 Å². The van der Waals surface area contributed by atoms with E-state index in [2.05, 4.69) is 31.0 Å². The summed E-state index contributed by atoms with van der Waals surface area (Å²) < 4.78 is 2.22. The van der Waals surface area contributed by atoms with E-state index < -0.39 is 6.09 Å². The lowest BCUT2D eigenvalue weighted by Gasteiger charge is -2.29. The van der Waals surface area contributed by atoms with E-state index in [4.69, 9.17) is 10.8 Å². The number of rotatable bonds is 1. The van der Waals surface area contributed by atoms with Crippen LogP contribution in [0, 0.1) is 0 Å². The molecule has 0 saturated carbocycles. The summed E-state index contributed by atoms with van der Waals surface area (Å²) in [5.41, 5.74) is 6.45. The SMILES string of the molecule is Nc1ncnn2c([C@@H]3CCCN(C(=O)O)C3)nc(Br)c12. The van der Waals surface area contributed by atoms with Gasteiger partial charge in [-0.1, -0.05) is 0 Å². The van der Waals surface area contributed by atoms with E-state index in [0.717, 1.165) is 12.8 Å². The van der Waals surface area contributed by atoms with Crippen LogP contribution in [0.15, 0.2) is 10.9 Å². The van der Waals surface area contributed by atoms with Gasteiger partial charge in [-0.25, -0.2) is 19.3 Å². The molecular formula is C11H13BrN6O2. The molecule has 0 radical (unpaired) electrons. The topological polar surface area (TPSA) is 110 Å². The smallest absolute Gasteiger partial charge is 0.407 e. The average Bonchev–Trinajstić information content (AvgIpc) is 2.78. The van der Waals surface area contributed by atoms with Gasteiger partial charge in [0.25, 0.3) is 0 Å². The van der Waals surface area contributed by atoms with E-state index in [-0.39, 0.29) is 5.92 Å². The minimum absolute atomic E-state index is 0.00736. The van der Waals surface area contributed by atoms with Crippen molar-refractivity contribution >= 4 is 33.4 Å². The van der Waals surface area contributed by atoms with Crippen LogP contribution in [-0.4, -0.2) is 48.8 Å². The van der Waals surface area contributed by atoms with Crippen molar-refractivity contribution in [3.8, 4) is 0 Å². The van der Waals surface area contributed by atoms with Gasteiger partial charge in [0, 0.05) is 19.0 Å². The molecule has 106 valence electrons. The minimum Gasteiger partial charge on any atom is -0.465 e. The first kappa shape index (κ1) is 13.1. The average molecular weight is 341 g/mol. The summed E-state index contributed by atoms with van der Waals surface area (Å²) in [5, 5.41) is 13.3. The van der Waals surface area contributed by atoms with Crippen LogP contribution >= 0.6 is 15.9 Å². The number of nitrogens with zero attached hydrogens (tertiary/aromatic N) is 5. The summed E-state index contributed by atoms with van der Waals surface area (Å²) in [6, 6.07) is 0. The zero-order valence-electron chi connectivity index (χ0n) is 10.5. The predicted molar refractivity (Wildman–Crippen MR) is 74.5 cm³/mol. The number of likely N-dealkylation sites (tertiary alicyclic amines) is 1. The van der Waals surface area contributed by atoms with Crippen molar-refractivity contribution in [2.75, 3.05) is 18.8 Å². The van der Waals surface area contributed by atoms with E-state index in [1.165, 1.54) is 11.2 Å². The Bertz CT molecular complexity index is 672. The van der Waals surface area contributed by atoms with Crippen LogP contribution in [0.5, 0.6) is 0 Å². The molecule has 2 aromatic rings. The molecule has 0 bridgehead atoms. The van der Waals surface area contributed by atoms with Gasteiger partial charge in [0.05, 0.1) is 0 Å². The molecule has 3 heterocycles. The second-order valence-corrected chi connectivity index (χ2v) is 5.49. The van der Waals surface area contributed by atoms with E-state index in [1.54, 1.807) is 4.52 Å². The number of piperidine rings is 1.